The van der Waals surface area contributed by atoms with Crippen LogP contribution in [0.15, 0.2) is 78.9 Å². The molecule has 3 nitrogen and oxygen atoms in total. The lowest BCUT2D eigenvalue weighted by Gasteiger charge is -2.20. The van der Waals surface area contributed by atoms with Gasteiger partial charge in [-0.3, -0.25) is 0 Å². The molecule has 0 radical (unpaired) electrons. The molecule has 0 saturated carbocycles. The molecule has 0 aliphatic heterocycles. The van der Waals surface area contributed by atoms with Gasteiger partial charge in [0.1, 0.15) is 17.5 Å². The van der Waals surface area contributed by atoms with Gasteiger partial charge in [-0.25, -0.2) is 0 Å². The molecule has 0 bridgehead atoms. The number of nitrogens with two attached hydrogens (primary N) is 1. The quantitative estimate of drug-likeness (QED) is 0.496. The van der Waals surface area contributed by atoms with Crippen molar-refractivity contribution in [3.05, 3.63) is 95.6 Å². The molecule has 2 N–H and O–H groups in total. The smallest absolute Gasteiger partial charge is 0.119 e. The van der Waals surface area contributed by atoms with Crippen LogP contribution in [-0.4, -0.2) is 19.8 Å². The summed E-state index contributed by atoms with van der Waals surface area (Å²) in [5.74, 6) is 2.21. The fourth-order valence-corrected chi connectivity index (χ4v) is 3.82. The zero-order valence-corrected chi connectivity index (χ0v) is 18.5. The standard InChI is InChI=1S/C27H33NO2/c1-20(2)30-26-16-12-24(13-17-26)27(23-8-6-5-7-9-23)18-19-28-21(3)22-10-14-25(29-4)15-11-22/h5-17,20-21,27-28H,18-19H2,1-4H3/p+1/t21-,27+/m0/s1. The lowest BCUT2D eigenvalue weighted by atomic mass is 9.88. The van der Waals surface area contributed by atoms with E-state index in [9.17, 15) is 0 Å². The van der Waals surface area contributed by atoms with E-state index in [-0.39, 0.29) is 6.10 Å². The van der Waals surface area contributed by atoms with E-state index in [4.69, 9.17) is 9.47 Å². The topological polar surface area (TPSA) is 35.1 Å². The third kappa shape index (κ3) is 6.11. The van der Waals surface area contributed by atoms with Gasteiger partial charge < -0.3 is 14.8 Å². The molecular formula is C27H34NO2+. The molecule has 0 spiro atoms. The second kappa shape index (κ2) is 10.8. The molecule has 3 aromatic carbocycles. The van der Waals surface area contributed by atoms with Crippen molar-refractivity contribution in [1.29, 1.82) is 0 Å². The molecule has 0 fully saturated rings. The molecule has 2 atom stereocenters. The summed E-state index contributed by atoms with van der Waals surface area (Å²) in [6.07, 6.45) is 1.27. The molecule has 0 saturated heterocycles. The second-order valence-electron chi connectivity index (χ2n) is 8.07. The Labute approximate surface area is 181 Å². The zero-order valence-electron chi connectivity index (χ0n) is 18.5. The van der Waals surface area contributed by atoms with Gasteiger partial charge in [-0.05, 0) is 68.3 Å². The Morgan fingerprint density at radius 3 is 1.87 bits per heavy atom. The fraction of sp³-hybridized carbons (Fsp3) is 0.333. The van der Waals surface area contributed by atoms with Gasteiger partial charge in [0.05, 0.1) is 19.8 Å². The minimum absolute atomic E-state index is 0.190. The van der Waals surface area contributed by atoms with Gasteiger partial charge in [0.15, 0.2) is 0 Å². The number of quaternary nitrogens is 1. The first-order valence-electron chi connectivity index (χ1n) is 10.9. The van der Waals surface area contributed by atoms with Crippen LogP contribution in [0.4, 0.5) is 0 Å². The SMILES string of the molecule is COc1ccc([C@H](C)[NH2+]CC[C@H](c2ccccc2)c2ccc(OC(C)C)cc2)cc1. The summed E-state index contributed by atoms with van der Waals surface area (Å²) in [5, 5.41) is 2.42. The van der Waals surface area contributed by atoms with Gasteiger partial charge in [0.2, 0.25) is 0 Å². The minimum Gasteiger partial charge on any atom is -0.497 e. The van der Waals surface area contributed by atoms with E-state index in [2.05, 4.69) is 92.8 Å². The number of ether oxygens (including phenoxy) is 2. The summed E-state index contributed by atoms with van der Waals surface area (Å²) in [6, 6.07) is 28.2. The summed E-state index contributed by atoms with van der Waals surface area (Å²) >= 11 is 0. The third-order valence-electron chi connectivity index (χ3n) is 5.47. The Morgan fingerprint density at radius 1 is 0.700 bits per heavy atom. The number of hydrogen-bond acceptors (Lipinski definition) is 2. The lowest BCUT2D eigenvalue weighted by Crippen LogP contribution is -2.84. The van der Waals surface area contributed by atoms with Crippen molar-refractivity contribution in [3.63, 3.8) is 0 Å². The highest BCUT2D eigenvalue weighted by molar-refractivity contribution is 5.36. The maximum Gasteiger partial charge on any atom is 0.119 e. The molecule has 0 unspecified atom stereocenters. The number of hydrogen-bond donors (Lipinski definition) is 1. The first-order chi connectivity index (χ1) is 14.6. The molecule has 30 heavy (non-hydrogen) atoms. The van der Waals surface area contributed by atoms with Crippen LogP contribution in [0.5, 0.6) is 11.5 Å². The lowest BCUT2D eigenvalue weighted by molar-refractivity contribution is -0.693. The predicted molar refractivity (Wildman–Crippen MR) is 123 cm³/mol. The van der Waals surface area contributed by atoms with Gasteiger partial charge in [0, 0.05) is 17.9 Å². The van der Waals surface area contributed by atoms with E-state index in [1.54, 1.807) is 7.11 Å². The highest BCUT2D eigenvalue weighted by Gasteiger charge is 2.17. The highest BCUT2D eigenvalue weighted by Crippen LogP contribution is 2.29. The van der Waals surface area contributed by atoms with Crippen LogP contribution in [0.25, 0.3) is 0 Å². The van der Waals surface area contributed by atoms with Gasteiger partial charge in [-0.1, -0.05) is 42.5 Å². The van der Waals surface area contributed by atoms with Crippen LogP contribution in [0.1, 0.15) is 55.8 Å². The van der Waals surface area contributed by atoms with Gasteiger partial charge in [-0.2, -0.15) is 0 Å². The molecule has 0 aliphatic carbocycles. The summed E-state index contributed by atoms with van der Waals surface area (Å²) in [5.41, 5.74) is 4.02. The van der Waals surface area contributed by atoms with E-state index in [1.165, 1.54) is 16.7 Å². The van der Waals surface area contributed by atoms with Crippen LogP contribution < -0.4 is 14.8 Å². The van der Waals surface area contributed by atoms with Crippen molar-refractivity contribution in [3.8, 4) is 11.5 Å². The van der Waals surface area contributed by atoms with Crippen molar-refractivity contribution < 1.29 is 14.8 Å². The van der Waals surface area contributed by atoms with Crippen LogP contribution in [0.2, 0.25) is 0 Å². The molecule has 0 heterocycles. The van der Waals surface area contributed by atoms with Crippen LogP contribution in [0, 0.1) is 0 Å². The van der Waals surface area contributed by atoms with Crippen LogP contribution in [0.3, 0.4) is 0 Å². The first kappa shape index (κ1) is 21.9. The number of rotatable bonds is 10. The van der Waals surface area contributed by atoms with E-state index in [1.807, 2.05) is 12.1 Å². The van der Waals surface area contributed by atoms with E-state index < -0.39 is 0 Å². The Morgan fingerprint density at radius 2 is 1.27 bits per heavy atom. The third-order valence-corrected chi connectivity index (χ3v) is 5.47. The molecule has 3 heteroatoms. The van der Waals surface area contributed by atoms with Gasteiger partial charge in [0.25, 0.3) is 0 Å². The molecular weight excluding hydrogens is 370 g/mol. The summed E-state index contributed by atoms with van der Waals surface area (Å²) in [6.45, 7) is 7.43. The van der Waals surface area contributed by atoms with Crippen LogP contribution in [-0.2, 0) is 0 Å². The largest absolute Gasteiger partial charge is 0.497 e. The Balaban J connectivity index is 1.67. The normalized spacial score (nSPS) is 13.1. The van der Waals surface area contributed by atoms with Crippen LogP contribution >= 0.6 is 0 Å². The van der Waals surface area contributed by atoms with E-state index in [0.29, 0.717) is 12.0 Å². The monoisotopic (exact) mass is 404 g/mol. The Hall–Kier alpha value is -2.78. The van der Waals surface area contributed by atoms with Gasteiger partial charge >= 0.3 is 0 Å². The average Bonchev–Trinajstić information content (AvgIpc) is 2.77. The van der Waals surface area contributed by atoms with Crippen molar-refractivity contribution >= 4 is 0 Å². The summed E-state index contributed by atoms with van der Waals surface area (Å²) in [7, 11) is 1.70. The molecule has 0 amide bonds. The van der Waals surface area contributed by atoms with Crippen molar-refractivity contribution in [2.75, 3.05) is 13.7 Å². The molecule has 0 aromatic heterocycles. The molecule has 0 aliphatic rings. The number of methoxy groups -OCH3 is 1. The summed E-state index contributed by atoms with van der Waals surface area (Å²) < 4.78 is 11.1. The minimum atomic E-state index is 0.190. The first-order valence-corrected chi connectivity index (χ1v) is 10.9. The maximum atomic E-state index is 5.82. The zero-order chi connectivity index (χ0) is 21.3. The highest BCUT2D eigenvalue weighted by atomic mass is 16.5. The van der Waals surface area contributed by atoms with Crippen molar-refractivity contribution in [1.82, 2.24) is 0 Å². The summed E-state index contributed by atoms with van der Waals surface area (Å²) in [4.78, 5) is 0. The molecule has 3 rings (SSSR count). The molecule has 3 aromatic rings. The van der Waals surface area contributed by atoms with E-state index in [0.717, 1.165) is 24.5 Å². The fourth-order valence-electron chi connectivity index (χ4n) is 3.82. The number of benzene rings is 3. The maximum absolute atomic E-state index is 5.82. The molecule has 158 valence electrons. The Bertz CT molecular complexity index is 873. The predicted octanol–water partition coefficient (Wildman–Crippen LogP) is 5.33. The Kier molecular flexibility index (Phi) is 7.92. The second-order valence-corrected chi connectivity index (χ2v) is 8.07. The van der Waals surface area contributed by atoms with E-state index >= 15 is 0 Å². The van der Waals surface area contributed by atoms with Crippen molar-refractivity contribution in [2.24, 2.45) is 0 Å². The average molecular weight is 405 g/mol. The van der Waals surface area contributed by atoms with Gasteiger partial charge in [-0.15, -0.1) is 0 Å². The van der Waals surface area contributed by atoms with Crippen molar-refractivity contribution in [2.45, 2.75) is 45.3 Å².